The summed E-state index contributed by atoms with van der Waals surface area (Å²) in [5.41, 5.74) is 1.86. The van der Waals surface area contributed by atoms with Crippen LogP contribution in [0.2, 0.25) is 0 Å². The zero-order valence-electron chi connectivity index (χ0n) is 11.9. The number of rotatable bonds is 4. The molecule has 3 rings (SSSR count). The van der Waals surface area contributed by atoms with E-state index in [0.29, 0.717) is 28.0 Å². The number of amides is 1. The van der Waals surface area contributed by atoms with Crippen LogP contribution in [0.4, 0.5) is 5.69 Å². The fourth-order valence-corrected chi connectivity index (χ4v) is 2.14. The van der Waals surface area contributed by atoms with Gasteiger partial charge in [0.2, 0.25) is 0 Å². The van der Waals surface area contributed by atoms with Gasteiger partial charge in [-0.25, -0.2) is 4.79 Å². The molecule has 23 heavy (non-hydrogen) atoms. The molecule has 0 bridgehead atoms. The number of hydrogen-bond acceptors (Lipinski definition) is 4. The molecule has 0 spiro atoms. The number of anilines is 1. The molecular weight excluding hydrogens is 296 g/mol. The number of hydrogen-bond donors (Lipinski definition) is 3. The molecule has 3 N–H and O–H groups in total. The van der Waals surface area contributed by atoms with Crippen LogP contribution in [0.25, 0.3) is 11.0 Å². The Morgan fingerprint density at radius 3 is 2.78 bits per heavy atom. The van der Waals surface area contributed by atoms with Gasteiger partial charge in [-0.15, -0.1) is 0 Å². The number of aromatic nitrogens is 2. The van der Waals surface area contributed by atoms with Gasteiger partial charge in [-0.1, -0.05) is 12.1 Å². The second-order valence-corrected chi connectivity index (χ2v) is 4.78. The average Bonchev–Trinajstić information content (AvgIpc) is 2.92. The van der Waals surface area contributed by atoms with E-state index in [9.17, 15) is 9.59 Å². The fraction of sp³-hybridized carbons (Fsp3) is 0.0625. The van der Waals surface area contributed by atoms with Gasteiger partial charge in [-0.3, -0.25) is 4.79 Å². The summed E-state index contributed by atoms with van der Waals surface area (Å²) < 4.78 is 5.36. The number of carbonyl (C=O) groups excluding carboxylic acids is 1. The van der Waals surface area contributed by atoms with Crippen LogP contribution in [-0.2, 0) is 4.79 Å². The Morgan fingerprint density at radius 1 is 1.17 bits per heavy atom. The van der Waals surface area contributed by atoms with Crippen LogP contribution >= 0.6 is 0 Å². The lowest BCUT2D eigenvalue weighted by molar-refractivity contribution is -0.118. The molecular formula is C16H12N4O3. The largest absolute Gasteiger partial charge is 0.482 e. The number of imidazole rings is 1. The molecule has 0 saturated carbocycles. The number of carbonyl (C=O) groups is 1. The monoisotopic (exact) mass is 308 g/mol. The molecule has 114 valence electrons. The van der Waals surface area contributed by atoms with Crippen LogP contribution in [0, 0.1) is 11.3 Å². The quantitative estimate of drug-likeness (QED) is 0.681. The number of nitrogens with zero attached hydrogens (tertiary/aromatic N) is 1. The molecule has 0 radical (unpaired) electrons. The van der Waals surface area contributed by atoms with Crippen LogP contribution in [0.1, 0.15) is 5.56 Å². The highest BCUT2D eigenvalue weighted by molar-refractivity contribution is 5.93. The van der Waals surface area contributed by atoms with E-state index in [0.717, 1.165) is 0 Å². The lowest BCUT2D eigenvalue weighted by Crippen LogP contribution is -2.20. The van der Waals surface area contributed by atoms with Crippen LogP contribution < -0.4 is 15.7 Å². The third-order valence-electron chi connectivity index (χ3n) is 3.17. The summed E-state index contributed by atoms with van der Waals surface area (Å²) in [6.45, 7) is -0.222. The lowest BCUT2D eigenvalue weighted by atomic mass is 10.2. The first-order valence-electron chi connectivity index (χ1n) is 6.79. The number of ether oxygens (including phenoxy) is 1. The molecule has 3 aromatic rings. The Labute approximate surface area is 130 Å². The first-order valence-corrected chi connectivity index (χ1v) is 6.79. The Balaban J connectivity index is 1.66. The van der Waals surface area contributed by atoms with E-state index in [1.54, 1.807) is 42.5 Å². The molecule has 0 atom stereocenters. The van der Waals surface area contributed by atoms with Crippen LogP contribution in [0.15, 0.2) is 47.3 Å². The summed E-state index contributed by atoms with van der Waals surface area (Å²) in [4.78, 5) is 28.4. The highest BCUT2D eigenvalue weighted by Gasteiger charge is 2.07. The van der Waals surface area contributed by atoms with E-state index in [-0.39, 0.29) is 18.2 Å². The molecule has 1 aromatic heterocycles. The first-order chi connectivity index (χ1) is 11.2. The zero-order chi connectivity index (χ0) is 16.2. The number of aromatic amines is 2. The maximum absolute atomic E-state index is 11.9. The predicted octanol–water partition coefficient (Wildman–Crippen LogP) is 1.75. The first kappa shape index (κ1) is 14.4. The highest BCUT2D eigenvalue weighted by atomic mass is 16.5. The molecule has 1 amide bonds. The van der Waals surface area contributed by atoms with Gasteiger partial charge in [-0.05, 0) is 30.3 Å². The normalized spacial score (nSPS) is 10.2. The Hall–Kier alpha value is -3.53. The van der Waals surface area contributed by atoms with Crippen molar-refractivity contribution < 1.29 is 9.53 Å². The van der Waals surface area contributed by atoms with E-state index in [4.69, 9.17) is 10.00 Å². The molecule has 0 aliphatic rings. The smallest absolute Gasteiger partial charge is 0.323 e. The van der Waals surface area contributed by atoms with Gasteiger partial charge >= 0.3 is 5.69 Å². The average molecular weight is 308 g/mol. The Bertz CT molecular complexity index is 965. The highest BCUT2D eigenvalue weighted by Crippen LogP contribution is 2.17. The number of benzene rings is 2. The van der Waals surface area contributed by atoms with Crippen molar-refractivity contribution in [3.8, 4) is 11.8 Å². The summed E-state index contributed by atoms with van der Waals surface area (Å²) in [6, 6.07) is 13.7. The second kappa shape index (κ2) is 6.07. The van der Waals surface area contributed by atoms with Crippen molar-refractivity contribution in [1.82, 2.24) is 9.97 Å². The van der Waals surface area contributed by atoms with Crippen LogP contribution in [0.5, 0.6) is 5.75 Å². The Morgan fingerprint density at radius 2 is 1.96 bits per heavy atom. The second-order valence-electron chi connectivity index (χ2n) is 4.78. The van der Waals surface area contributed by atoms with Crippen molar-refractivity contribution in [2.24, 2.45) is 0 Å². The van der Waals surface area contributed by atoms with Crippen molar-refractivity contribution in [2.75, 3.05) is 11.9 Å². The van der Waals surface area contributed by atoms with Gasteiger partial charge in [0.1, 0.15) is 11.8 Å². The molecule has 0 aliphatic heterocycles. The van der Waals surface area contributed by atoms with Crippen molar-refractivity contribution in [3.63, 3.8) is 0 Å². The minimum absolute atomic E-state index is 0.222. The van der Waals surface area contributed by atoms with Gasteiger partial charge in [0.15, 0.2) is 6.61 Å². The van der Waals surface area contributed by atoms with Crippen molar-refractivity contribution in [1.29, 1.82) is 5.26 Å². The maximum atomic E-state index is 11.9. The summed E-state index contributed by atoms with van der Waals surface area (Å²) in [5.74, 6) is -0.00876. The minimum atomic E-state index is -0.366. The topological polar surface area (TPSA) is 111 Å². The Kier molecular flexibility index (Phi) is 3.80. The third-order valence-corrected chi connectivity index (χ3v) is 3.17. The SMILES string of the molecule is N#Cc1ccccc1OCC(=O)Nc1ccc2[nH]c(=O)[nH]c2c1. The number of nitriles is 1. The van der Waals surface area contributed by atoms with E-state index in [1.807, 2.05) is 6.07 Å². The van der Waals surface area contributed by atoms with Crippen molar-refractivity contribution in [3.05, 3.63) is 58.5 Å². The standard InChI is InChI=1S/C16H12N4O3/c17-8-10-3-1-2-4-14(10)23-9-15(21)18-11-5-6-12-13(7-11)20-16(22)19-12/h1-7H,9H2,(H,18,21)(H2,19,20,22). The summed E-state index contributed by atoms with van der Waals surface area (Å²) >= 11 is 0. The molecule has 0 unspecified atom stereocenters. The van der Waals surface area contributed by atoms with Gasteiger partial charge < -0.3 is 20.0 Å². The third kappa shape index (κ3) is 3.22. The van der Waals surface area contributed by atoms with Gasteiger partial charge in [0.05, 0.1) is 16.6 Å². The molecule has 0 fully saturated rings. The van der Waals surface area contributed by atoms with Gasteiger partial charge in [-0.2, -0.15) is 5.26 Å². The van der Waals surface area contributed by atoms with E-state index < -0.39 is 0 Å². The maximum Gasteiger partial charge on any atom is 0.323 e. The van der Waals surface area contributed by atoms with E-state index in [1.165, 1.54) is 0 Å². The van der Waals surface area contributed by atoms with Crippen molar-refractivity contribution in [2.45, 2.75) is 0 Å². The summed E-state index contributed by atoms with van der Waals surface area (Å²) in [6.07, 6.45) is 0. The summed E-state index contributed by atoms with van der Waals surface area (Å²) in [5, 5.41) is 11.6. The minimum Gasteiger partial charge on any atom is -0.482 e. The van der Waals surface area contributed by atoms with Crippen molar-refractivity contribution >= 4 is 22.6 Å². The van der Waals surface area contributed by atoms with Crippen LogP contribution in [-0.4, -0.2) is 22.5 Å². The molecule has 0 saturated heterocycles. The number of para-hydroxylation sites is 1. The summed E-state index contributed by atoms with van der Waals surface area (Å²) in [7, 11) is 0. The van der Waals surface area contributed by atoms with E-state index >= 15 is 0 Å². The number of nitrogens with one attached hydrogen (secondary N) is 3. The van der Waals surface area contributed by atoms with E-state index in [2.05, 4.69) is 15.3 Å². The molecule has 0 aliphatic carbocycles. The number of H-pyrrole nitrogens is 2. The predicted molar refractivity (Wildman–Crippen MR) is 84.2 cm³/mol. The van der Waals surface area contributed by atoms with Gasteiger partial charge in [0, 0.05) is 5.69 Å². The van der Waals surface area contributed by atoms with Gasteiger partial charge in [0.25, 0.3) is 5.91 Å². The lowest BCUT2D eigenvalue weighted by Gasteiger charge is -2.08. The zero-order valence-corrected chi connectivity index (χ0v) is 11.9. The molecule has 7 nitrogen and oxygen atoms in total. The van der Waals surface area contributed by atoms with Crippen LogP contribution in [0.3, 0.4) is 0 Å². The molecule has 1 heterocycles. The molecule has 7 heteroatoms. The fourth-order valence-electron chi connectivity index (χ4n) is 2.14. The molecule has 2 aromatic carbocycles. The number of fused-ring (bicyclic) bond motifs is 1.